The number of anilines is 1. The first-order valence-electron chi connectivity index (χ1n) is 14.6. The molecule has 2 amide bonds. The van der Waals surface area contributed by atoms with Gasteiger partial charge in [-0.3, -0.25) is 4.79 Å². The highest BCUT2D eigenvalue weighted by molar-refractivity contribution is 7.14. The Balaban J connectivity index is 1.63. The van der Waals surface area contributed by atoms with E-state index in [2.05, 4.69) is 15.6 Å². The molecule has 3 N–H and O–H groups in total. The Labute approximate surface area is 261 Å². The van der Waals surface area contributed by atoms with Crippen LogP contribution in [0.5, 0.6) is 11.5 Å². The summed E-state index contributed by atoms with van der Waals surface area (Å²) in [4.78, 5) is 49.3. The molecule has 1 saturated heterocycles. The van der Waals surface area contributed by atoms with Crippen LogP contribution in [0.25, 0.3) is 22.3 Å². The van der Waals surface area contributed by atoms with Crippen molar-refractivity contribution in [3.63, 3.8) is 0 Å². The number of aliphatic carboxylic acids is 1. The zero-order valence-corrected chi connectivity index (χ0v) is 27.2. The summed E-state index contributed by atoms with van der Waals surface area (Å²) >= 11 is 1.47. The molecule has 12 nitrogen and oxygen atoms in total. The zero-order valence-electron chi connectivity index (χ0n) is 26.3. The number of ether oxygens (including phenoxy) is 3. The van der Waals surface area contributed by atoms with Crippen LogP contribution in [0.3, 0.4) is 0 Å². The van der Waals surface area contributed by atoms with E-state index in [9.17, 15) is 19.5 Å². The summed E-state index contributed by atoms with van der Waals surface area (Å²) in [7, 11) is 1.57. The lowest BCUT2D eigenvalue weighted by Gasteiger charge is -2.30. The number of thiazole rings is 1. The molecule has 44 heavy (non-hydrogen) atoms. The van der Waals surface area contributed by atoms with Crippen molar-refractivity contribution in [2.24, 2.45) is 5.92 Å². The molecule has 13 heteroatoms. The van der Waals surface area contributed by atoms with Crippen molar-refractivity contribution < 1.29 is 33.7 Å². The lowest BCUT2D eigenvalue weighted by molar-refractivity contribution is -0.149. The molecule has 3 aromatic rings. The van der Waals surface area contributed by atoms with Crippen LogP contribution in [0.15, 0.2) is 29.6 Å². The Hall–Kier alpha value is -4.13. The minimum absolute atomic E-state index is 0.0173. The lowest BCUT2D eigenvalue weighted by atomic mass is 10.0. The summed E-state index contributed by atoms with van der Waals surface area (Å²) in [5, 5.41) is 19.4. The van der Waals surface area contributed by atoms with E-state index in [1.54, 1.807) is 59.9 Å². The van der Waals surface area contributed by atoms with Crippen LogP contribution in [-0.4, -0.2) is 81.4 Å². The molecule has 1 aliphatic rings. The minimum atomic E-state index is -1.15. The Morgan fingerprint density at radius 1 is 1.09 bits per heavy atom. The molecule has 1 fully saturated rings. The second kappa shape index (κ2) is 13.2. The number of amides is 2. The topological polar surface area (TPSA) is 152 Å². The fraction of sp³-hybridized carbons (Fsp3) is 0.516. The van der Waals surface area contributed by atoms with Crippen molar-refractivity contribution in [1.29, 1.82) is 0 Å². The van der Waals surface area contributed by atoms with E-state index in [0.29, 0.717) is 33.8 Å². The Morgan fingerprint density at radius 2 is 1.82 bits per heavy atom. The Kier molecular flexibility index (Phi) is 9.87. The van der Waals surface area contributed by atoms with Gasteiger partial charge in [-0.1, -0.05) is 13.8 Å². The van der Waals surface area contributed by atoms with Gasteiger partial charge in [-0.25, -0.2) is 19.6 Å². The molecule has 2 aromatic heterocycles. The fourth-order valence-corrected chi connectivity index (χ4v) is 5.75. The van der Waals surface area contributed by atoms with Crippen molar-refractivity contribution >= 4 is 45.3 Å². The number of nitrogens with zero attached hydrogens (tertiary/aromatic N) is 3. The summed E-state index contributed by atoms with van der Waals surface area (Å²) in [6.45, 7) is 12.8. The van der Waals surface area contributed by atoms with E-state index in [0.717, 1.165) is 5.13 Å². The highest BCUT2D eigenvalue weighted by Crippen LogP contribution is 2.35. The molecular formula is C31H41N5O7S. The number of nitrogens with one attached hydrogen (secondary N) is 2. The third kappa shape index (κ3) is 7.87. The van der Waals surface area contributed by atoms with Gasteiger partial charge in [-0.2, -0.15) is 0 Å². The highest BCUT2D eigenvalue weighted by atomic mass is 32.1. The number of hydrogen-bond acceptors (Lipinski definition) is 10. The number of methoxy groups -OCH3 is 1. The second-order valence-corrected chi connectivity index (χ2v) is 13.3. The average Bonchev–Trinajstić information content (AvgIpc) is 3.57. The molecule has 0 unspecified atom stereocenters. The maximum absolute atomic E-state index is 13.7. The van der Waals surface area contributed by atoms with E-state index in [-0.39, 0.29) is 24.9 Å². The van der Waals surface area contributed by atoms with Gasteiger partial charge in [-0.15, -0.1) is 11.3 Å². The fourth-order valence-electron chi connectivity index (χ4n) is 4.90. The van der Waals surface area contributed by atoms with E-state index < -0.39 is 41.8 Å². The van der Waals surface area contributed by atoms with Crippen LogP contribution in [0.2, 0.25) is 0 Å². The van der Waals surface area contributed by atoms with Gasteiger partial charge in [0.05, 0.1) is 24.9 Å². The van der Waals surface area contributed by atoms with Crippen molar-refractivity contribution in [2.45, 2.75) is 84.7 Å². The number of likely N-dealkylation sites (tertiary alicyclic amines) is 1. The molecule has 0 aliphatic carbocycles. The molecule has 0 saturated carbocycles. The smallest absolute Gasteiger partial charge is 0.408 e. The SMILES string of the molecule is COc1ccc2c(O[C@@H]3C[C@@H](C(=O)O)N(C(=O)[C@@H](NC(=O)OC(C)(C)C)C(C)C)C3)cc(-c3csc(NC(C)C)n3)nc2c1. The molecule has 1 aromatic carbocycles. The number of fused-ring (bicyclic) bond motifs is 1. The molecule has 3 heterocycles. The summed E-state index contributed by atoms with van der Waals surface area (Å²) in [5.74, 6) is -0.882. The van der Waals surface area contributed by atoms with Crippen molar-refractivity contribution in [3.05, 3.63) is 29.6 Å². The first-order valence-corrected chi connectivity index (χ1v) is 15.4. The standard InChI is InChI=1S/C31H41N5O7S/c1-16(2)26(35-30(40)43-31(5,6)7)27(37)36-14-19(12-24(36)28(38)39)42-25-13-22(23-15-44-29(34-23)32-17(3)4)33-21-11-18(41-8)9-10-20(21)25/h9-11,13,15-17,19,24,26H,12,14H2,1-8H3,(H,32,34)(H,35,40)(H,38,39)/t19-,24+,26+/m1/s1. The molecule has 0 bridgehead atoms. The van der Waals surface area contributed by atoms with Crippen molar-refractivity contribution in [3.8, 4) is 22.9 Å². The van der Waals surface area contributed by atoms with Crippen molar-refractivity contribution in [2.75, 3.05) is 19.0 Å². The summed E-state index contributed by atoms with van der Waals surface area (Å²) in [5.41, 5.74) is 1.10. The number of carbonyl (C=O) groups is 3. The van der Waals surface area contributed by atoms with E-state index in [4.69, 9.17) is 19.2 Å². The predicted octanol–water partition coefficient (Wildman–Crippen LogP) is 5.17. The number of aromatic nitrogens is 2. The summed E-state index contributed by atoms with van der Waals surface area (Å²) in [6.07, 6.45) is -1.32. The summed E-state index contributed by atoms with van der Waals surface area (Å²) in [6, 6.07) is 5.31. The van der Waals surface area contributed by atoms with E-state index in [1.165, 1.54) is 16.2 Å². The van der Waals surface area contributed by atoms with Crippen LogP contribution >= 0.6 is 11.3 Å². The molecular weight excluding hydrogens is 586 g/mol. The number of carboxylic acid groups (broad SMARTS) is 1. The number of alkyl carbamates (subject to hydrolysis) is 1. The van der Waals surface area contributed by atoms with Crippen molar-refractivity contribution in [1.82, 2.24) is 20.2 Å². The highest BCUT2D eigenvalue weighted by Gasteiger charge is 2.44. The molecule has 0 spiro atoms. The monoisotopic (exact) mass is 627 g/mol. The largest absolute Gasteiger partial charge is 0.497 e. The number of hydrogen-bond donors (Lipinski definition) is 3. The van der Waals surface area contributed by atoms with E-state index >= 15 is 0 Å². The molecule has 3 atom stereocenters. The normalized spacial score (nSPS) is 17.5. The zero-order chi connectivity index (χ0) is 32.3. The first-order chi connectivity index (χ1) is 20.6. The predicted molar refractivity (Wildman–Crippen MR) is 168 cm³/mol. The second-order valence-electron chi connectivity index (χ2n) is 12.4. The Morgan fingerprint density at radius 3 is 2.43 bits per heavy atom. The minimum Gasteiger partial charge on any atom is -0.497 e. The molecule has 1 aliphatic heterocycles. The Bertz CT molecular complexity index is 1520. The van der Waals surface area contributed by atoms with Gasteiger partial charge in [0.2, 0.25) is 5.91 Å². The third-order valence-electron chi connectivity index (χ3n) is 6.89. The van der Waals surface area contributed by atoms with Crippen LogP contribution in [0, 0.1) is 5.92 Å². The van der Waals surface area contributed by atoms with Crippen LogP contribution in [-0.2, 0) is 14.3 Å². The quantitative estimate of drug-likeness (QED) is 0.275. The molecule has 4 rings (SSSR count). The van der Waals surface area contributed by atoms with Crippen LogP contribution in [0.1, 0.15) is 54.9 Å². The molecule has 0 radical (unpaired) electrons. The van der Waals surface area contributed by atoms with Gasteiger partial charge in [-0.05, 0) is 52.7 Å². The van der Waals surface area contributed by atoms with Gasteiger partial charge in [0, 0.05) is 35.4 Å². The molecule has 238 valence electrons. The van der Waals surface area contributed by atoms with Gasteiger partial charge in [0.1, 0.15) is 41.0 Å². The van der Waals surface area contributed by atoms with E-state index in [1.807, 2.05) is 25.3 Å². The number of pyridine rings is 1. The third-order valence-corrected chi connectivity index (χ3v) is 7.66. The number of benzene rings is 1. The van der Waals surface area contributed by atoms with Gasteiger partial charge >= 0.3 is 12.1 Å². The van der Waals surface area contributed by atoms with Gasteiger partial charge in [0.25, 0.3) is 0 Å². The van der Waals surface area contributed by atoms with Gasteiger partial charge < -0.3 is 34.9 Å². The van der Waals surface area contributed by atoms with Crippen LogP contribution in [0.4, 0.5) is 9.93 Å². The maximum Gasteiger partial charge on any atom is 0.408 e. The number of carbonyl (C=O) groups excluding carboxylic acids is 2. The average molecular weight is 628 g/mol. The number of rotatable bonds is 10. The first kappa shape index (κ1) is 32.8. The van der Waals surface area contributed by atoms with Gasteiger partial charge in [0.15, 0.2) is 5.13 Å². The van der Waals surface area contributed by atoms with Crippen LogP contribution < -0.4 is 20.1 Å². The number of carboxylic acids is 1. The summed E-state index contributed by atoms with van der Waals surface area (Å²) < 4.78 is 17.2. The lowest BCUT2D eigenvalue weighted by Crippen LogP contribution is -2.54. The maximum atomic E-state index is 13.7.